The second-order valence-electron chi connectivity index (χ2n) is 2.98. The van der Waals surface area contributed by atoms with Crippen molar-refractivity contribution in [1.82, 2.24) is 9.55 Å². The lowest BCUT2D eigenvalue weighted by atomic mass is 10.2. The Balaban J connectivity index is 3.07. The first-order valence-electron chi connectivity index (χ1n) is 3.98. The monoisotopic (exact) mass is 270 g/mol. The number of nitrogens with one attached hydrogen (secondary N) is 1. The minimum atomic E-state index is -0.0787. The Hall–Kier alpha value is -0.940. The van der Waals surface area contributed by atoms with Crippen molar-refractivity contribution in [2.45, 2.75) is 0 Å². The van der Waals surface area contributed by atoms with E-state index >= 15 is 0 Å². The zero-order valence-corrected chi connectivity index (χ0v) is 9.78. The van der Waals surface area contributed by atoms with Gasteiger partial charge in [0.25, 0.3) is 5.56 Å². The maximum atomic E-state index is 11.8. The molecular formula is C9H7BrN2OS. The second-order valence-corrected chi connectivity index (χ2v) is 4.29. The third kappa shape index (κ3) is 1.42. The third-order valence-corrected chi connectivity index (χ3v) is 2.93. The van der Waals surface area contributed by atoms with E-state index in [1.165, 1.54) is 4.57 Å². The normalized spacial score (nSPS) is 10.7. The number of aromatic amines is 1. The van der Waals surface area contributed by atoms with Crippen LogP contribution in [0.25, 0.3) is 10.9 Å². The SMILES string of the molecule is Cn1c(=S)[nH]c2ccc(Br)cc2c1=O. The Kier molecular flexibility index (Phi) is 2.28. The van der Waals surface area contributed by atoms with Gasteiger partial charge < -0.3 is 4.98 Å². The predicted molar refractivity (Wildman–Crippen MR) is 62.1 cm³/mol. The average Bonchev–Trinajstić information content (AvgIpc) is 2.16. The lowest BCUT2D eigenvalue weighted by molar-refractivity contribution is 0.824. The Bertz CT molecular complexity index is 614. The standard InChI is InChI=1S/C9H7BrN2OS/c1-12-8(13)6-4-5(10)2-3-7(6)11-9(12)14/h2-4H,1H3,(H,11,14). The molecule has 0 aliphatic carbocycles. The van der Waals surface area contributed by atoms with E-state index in [1.54, 1.807) is 13.1 Å². The molecule has 0 aliphatic rings. The maximum absolute atomic E-state index is 11.8. The smallest absolute Gasteiger partial charge is 0.261 e. The van der Waals surface area contributed by atoms with Crippen molar-refractivity contribution in [3.63, 3.8) is 0 Å². The molecule has 0 radical (unpaired) electrons. The van der Waals surface area contributed by atoms with Gasteiger partial charge in [-0.05, 0) is 30.4 Å². The fourth-order valence-electron chi connectivity index (χ4n) is 1.27. The largest absolute Gasteiger partial charge is 0.332 e. The minimum Gasteiger partial charge on any atom is -0.332 e. The maximum Gasteiger partial charge on any atom is 0.261 e. The summed E-state index contributed by atoms with van der Waals surface area (Å²) in [6.45, 7) is 0. The molecule has 2 rings (SSSR count). The highest BCUT2D eigenvalue weighted by Gasteiger charge is 2.02. The molecule has 0 saturated carbocycles. The molecule has 1 aromatic heterocycles. The molecule has 0 amide bonds. The van der Waals surface area contributed by atoms with Gasteiger partial charge in [-0.3, -0.25) is 9.36 Å². The fraction of sp³-hybridized carbons (Fsp3) is 0.111. The first-order chi connectivity index (χ1) is 6.59. The summed E-state index contributed by atoms with van der Waals surface area (Å²) in [6.07, 6.45) is 0. The van der Waals surface area contributed by atoms with Gasteiger partial charge in [-0.25, -0.2) is 0 Å². The zero-order valence-electron chi connectivity index (χ0n) is 7.37. The van der Waals surface area contributed by atoms with Crippen LogP contribution in [0.15, 0.2) is 27.5 Å². The summed E-state index contributed by atoms with van der Waals surface area (Å²) in [5.74, 6) is 0. The van der Waals surface area contributed by atoms with E-state index in [0.717, 1.165) is 9.99 Å². The molecule has 1 heterocycles. The fourth-order valence-corrected chi connectivity index (χ4v) is 1.83. The quantitative estimate of drug-likeness (QED) is 0.747. The van der Waals surface area contributed by atoms with E-state index in [0.29, 0.717) is 10.2 Å². The van der Waals surface area contributed by atoms with Crippen molar-refractivity contribution < 1.29 is 0 Å². The predicted octanol–water partition coefficient (Wildman–Crippen LogP) is 2.36. The van der Waals surface area contributed by atoms with Crippen molar-refractivity contribution in [2.75, 3.05) is 0 Å². The topological polar surface area (TPSA) is 37.8 Å². The van der Waals surface area contributed by atoms with Gasteiger partial charge >= 0.3 is 0 Å². The first-order valence-corrected chi connectivity index (χ1v) is 5.18. The van der Waals surface area contributed by atoms with Crippen molar-refractivity contribution >= 4 is 39.1 Å². The molecule has 0 atom stereocenters. The number of aromatic nitrogens is 2. The molecule has 14 heavy (non-hydrogen) atoms. The van der Waals surface area contributed by atoms with Crippen LogP contribution in [0.4, 0.5) is 0 Å². The molecular weight excluding hydrogens is 264 g/mol. The second kappa shape index (κ2) is 3.33. The Labute approximate surface area is 93.5 Å². The number of hydrogen-bond acceptors (Lipinski definition) is 2. The summed E-state index contributed by atoms with van der Waals surface area (Å²) in [4.78, 5) is 14.7. The van der Waals surface area contributed by atoms with Gasteiger partial charge in [-0.15, -0.1) is 0 Å². The van der Waals surface area contributed by atoms with E-state index in [2.05, 4.69) is 20.9 Å². The number of hydrogen-bond donors (Lipinski definition) is 1. The lowest BCUT2D eigenvalue weighted by Gasteiger charge is -2.02. The highest BCUT2D eigenvalue weighted by atomic mass is 79.9. The summed E-state index contributed by atoms with van der Waals surface area (Å²) >= 11 is 8.32. The van der Waals surface area contributed by atoms with Crippen LogP contribution in [0.2, 0.25) is 0 Å². The highest BCUT2D eigenvalue weighted by molar-refractivity contribution is 9.10. The molecule has 0 unspecified atom stereocenters. The summed E-state index contributed by atoms with van der Waals surface area (Å²) in [6, 6.07) is 5.48. The minimum absolute atomic E-state index is 0.0787. The highest BCUT2D eigenvalue weighted by Crippen LogP contribution is 2.14. The van der Waals surface area contributed by atoms with Crippen LogP contribution in [0.5, 0.6) is 0 Å². The average molecular weight is 271 g/mol. The van der Waals surface area contributed by atoms with Crippen molar-refractivity contribution in [3.05, 3.63) is 37.8 Å². The van der Waals surface area contributed by atoms with Gasteiger partial charge in [0, 0.05) is 11.5 Å². The Morgan fingerprint density at radius 2 is 2.21 bits per heavy atom. The van der Waals surface area contributed by atoms with Crippen LogP contribution in [0.1, 0.15) is 0 Å². The van der Waals surface area contributed by atoms with E-state index in [-0.39, 0.29) is 5.56 Å². The molecule has 3 nitrogen and oxygen atoms in total. The number of H-pyrrole nitrogens is 1. The summed E-state index contributed by atoms with van der Waals surface area (Å²) in [5.41, 5.74) is 0.686. The number of benzene rings is 1. The molecule has 1 aromatic carbocycles. The van der Waals surface area contributed by atoms with Gasteiger partial charge in [0.15, 0.2) is 4.77 Å². The molecule has 5 heteroatoms. The first kappa shape index (κ1) is 9.61. The third-order valence-electron chi connectivity index (χ3n) is 2.06. The molecule has 0 aliphatic heterocycles. The molecule has 72 valence electrons. The number of fused-ring (bicyclic) bond motifs is 1. The molecule has 0 spiro atoms. The van der Waals surface area contributed by atoms with Gasteiger partial charge in [0.05, 0.1) is 10.9 Å². The van der Waals surface area contributed by atoms with Crippen molar-refractivity contribution in [3.8, 4) is 0 Å². The zero-order chi connectivity index (χ0) is 10.3. The summed E-state index contributed by atoms with van der Waals surface area (Å²) < 4.78 is 2.74. The Morgan fingerprint density at radius 3 is 2.93 bits per heavy atom. The molecule has 2 aromatic rings. The van der Waals surface area contributed by atoms with Crippen molar-refractivity contribution in [1.29, 1.82) is 0 Å². The van der Waals surface area contributed by atoms with Crippen molar-refractivity contribution in [2.24, 2.45) is 7.05 Å². The molecule has 0 saturated heterocycles. The molecule has 1 N–H and O–H groups in total. The summed E-state index contributed by atoms with van der Waals surface area (Å²) in [5, 5.41) is 0.635. The lowest BCUT2D eigenvalue weighted by Crippen LogP contribution is -2.18. The van der Waals surface area contributed by atoms with Crippen LogP contribution >= 0.6 is 28.1 Å². The van der Waals surface area contributed by atoms with E-state index in [1.807, 2.05) is 12.1 Å². The van der Waals surface area contributed by atoms with Gasteiger partial charge in [0.1, 0.15) is 0 Å². The van der Waals surface area contributed by atoms with E-state index < -0.39 is 0 Å². The van der Waals surface area contributed by atoms with E-state index in [9.17, 15) is 4.79 Å². The van der Waals surface area contributed by atoms with Gasteiger partial charge in [-0.2, -0.15) is 0 Å². The Morgan fingerprint density at radius 1 is 1.50 bits per heavy atom. The van der Waals surface area contributed by atoms with Crippen LogP contribution in [-0.4, -0.2) is 9.55 Å². The molecule has 0 fully saturated rings. The van der Waals surface area contributed by atoms with Gasteiger partial charge in [-0.1, -0.05) is 15.9 Å². The van der Waals surface area contributed by atoms with Crippen LogP contribution < -0.4 is 5.56 Å². The van der Waals surface area contributed by atoms with Gasteiger partial charge in [0.2, 0.25) is 0 Å². The van der Waals surface area contributed by atoms with Crippen LogP contribution in [-0.2, 0) is 7.05 Å². The number of rotatable bonds is 0. The number of halogens is 1. The molecule has 0 bridgehead atoms. The van der Waals surface area contributed by atoms with Crippen LogP contribution in [0.3, 0.4) is 0 Å². The van der Waals surface area contributed by atoms with E-state index in [4.69, 9.17) is 12.2 Å². The summed E-state index contributed by atoms with van der Waals surface area (Å²) in [7, 11) is 1.65. The van der Waals surface area contributed by atoms with Crippen LogP contribution in [0, 0.1) is 4.77 Å². The number of nitrogens with zero attached hydrogens (tertiary/aromatic N) is 1.